The Hall–Kier alpha value is -1.39. The van der Waals surface area contributed by atoms with Crippen LogP contribution in [0.3, 0.4) is 0 Å². The molecule has 1 fully saturated rings. The zero-order chi connectivity index (χ0) is 11.7. The Labute approximate surface area is 94.5 Å². The van der Waals surface area contributed by atoms with Crippen molar-refractivity contribution in [2.75, 3.05) is 0 Å². The molecule has 0 spiro atoms. The Morgan fingerprint density at radius 3 is 2.88 bits per heavy atom. The van der Waals surface area contributed by atoms with Gasteiger partial charge in [0.2, 0.25) is 0 Å². The topological polar surface area (TPSA) is 68.0 Å². The Morgan fingerprint density at radius 2 is 2.25 bits per heavy atom. The molecule has 88 valence electrons. The summed E-state index contributed by atoms with van der Waals surface area (Å²) in [5.74, 6) is 0.775. The molecule has 2 atom stereocenters. The van der Waals surface area contributed by atoms with Gasteiger partial charge in [0.05, 0.1) is 5.92 Å². The first-order chi connectivity index (χ1) is 7.65. The SMILES string of the molecule is CCn1c(C)nnc1C1CCCC1C(=O)O. The van der Waals surface area contributed by atoms with Gasteiger partial charge in [0.1, 0.15) is 11.6 Å². The first-order valence-electron chi connectivity index (χ1n) is 5.77. The lowest BCUT2D eigenvalue weighted by atomic mass is 9.95. The quantitative estimate of drug-likeness (QED) is 0.844. The van der Waals surface area contributed by atoms with Crippen molar-refractivity contribution in [3.63, 3.8) is 0 Å². The van der Waals surface area contributed by atoms with Crippen LogP contribution in [-0.4, -0.2) is 25.8 Å². The number of carboxylic acids is 1. The number of carboxylic acid groups (broad SMARTS) is 1. The van der Waals surface area contributed by atoms with E-state index in [1.807, 2.05) is 18.4 Å². The third kappa shape index (κ3) is 1.70. The minimum absolute atomic E-state index is 0.0404. The Balaban J connectivity index is 2.32. The monoisotopic (exact) mass is 223 g/mol. The molecule has 1 aliphatic carbocycles. The van der Waals surface area contributed by atoms with E-state index in [9.17, 15) is 4.79 Å². The van der Waals surface area contributed by atoms with E-state index >= 15 is 0 Å². The highest BCUT2D eigenvalue weighted by Crippen LogP contribution is 2.39. The van der Waals surface area contributed by atoms with E-state index in [-0.39, 0.29) is 11.8 Å². The zero-order valence-corrected chi connectivity index (χ0v) is 9.68. The molecule has 0 bridgehead atoms. The van der Waals surface area contributed by atoms with Gasteiger partial charge in [-0.3, -0.25) is 4.79 Å². The number of nitrogens with zero attached hydrogens (tertiary/aromatic N) is 3. The molecule has 16 heavy (non-hydrogen) atoms. The maximum Gasteiger partial charge on any atom is 0.307 e. The summed E-state index contributed by atoms with van der Waals surface area (Å²) in [5.41, 5.74) is 0. The highest BCUT2D eigenvalue weighted by atomic mass is 16.4. The predicted octanol–water partition coefficient (Wildman–Crippen LogP) is 1.57. The number of rotatable bonds is 3. The second-order valence-electron chi connectivity index (χ2n) is 4.33. The molecule has 1 N–H and O–H groups in total. The summed E-state index contributed by atoms with van der Waals surface area (Å²) in [7, 11) is 0. The van der Waals surface area contributed by atoms with Crippen molar-refractivity contribution in [2.45, 2.75) is 45.6 Å². The van der Waals surface area contributed by atoms with Crippen LogP contribution in [0.15, 0.2) is 0 Å². The van der Waals surface area contributed by atoms with E-state index in [2.05, 4.69) is 10.2 Å². The minimum atomic E-state index is -0.703. The van der Waals surface area contributed by atoms with Crippen molar-refractivity contribution < 1.29 is 9.90 Å². The second-order valence-corrected chi connectivity index (χ2v) is 4.33. The van der Waals surface area contributed by atoms with E-state index in [4.69, 9.17) is 5.11 Å². The van der Waals surface area contributed by atoms with E-state index in [0.717, 1.165) is 37.5 Å². The van der Waals surface area contributed by atoms with Crippen LogP contribution in [0.2, 0.25) is 0 Å². The van der Waals surface area contributed by atoms with Crippen LogP contribution < -0.4 is 0 Å². The molecular weight excluding hydrogens is 206 g/mol. The average molecular weight is 223 g/mol. The van der Waals surface area contributed by atoms with Gasteiger partial charge in [-0.2, -0.15) is 0 Å². The van der Waals surface area contributed by atoms with Crippen molar-refractivity contribution >= 4 is 5.97 Å². The van der Waals surface area contributed by atoms with Crippen molar-refractivity contribution in [3.8, 4) is 0 Å². The highest BCUT2D eigenvalue weighted by Gasteiger charge is 2.37. The number of aryl methyl sites for hydroxylation is 1. The number of hydrogen-bond donors (Lipinski definition) is 1. The van der Waals surface area contributed by atoms with Gasteiger partial charge in [-0.25, -0.2) is 0 Å². The molecule has 5 nitrogen and oxygen atoms in total. The smallest absolute Gasteiger partial charge is 0.307 e. The summed E-state index contributed by atoms with van der Waals surface area (Å²) in [6, 6.07) is 0. The van der Waals surface area contributed by atoms with Crippen LogP contribution in [0.5, 0.6) is 0 Å². The molecule has 1 heterocycles. The second kappa shape index (κ2) is 4.23. The first-order valence-corrected chi connectivity index (χ1v) is 5.77. The summed E-state index contributed by atoms with van der Waals surface area (Å²) in [6.45, 7) is 4.74. The molecule has 1 aromatic heterocycles. The van der Waals surface area contributed by atoms with Crippen LogP contribution in [0.1, 0.15) is 43.8 Å². The molecule has 0 aliphatic heterocycles. The summed E-state index contributed by atoms with van der Waals surface area (Å²) in [5, 5.41) is 17.4. The van der Waals surface area contributed by atoms with Gasteiger partial charge in [0.25, 0.3) is 0 Å². The lowest BCUT2D eigenvalue weighted by molar-refractivity contribution is -0.142. The first kappa shape index (κ1) is 11.1. The molecule has 0 saturated heterocycles. The Morgan fingerprint density at radius 1 is 1.50 bits per heavy atom. The van der Waals surface area contributed by atoms with E-state index in [1.54, 1.807) is 0 Å². The maximum absolute atomic E-state index is 11.1. The molecule has 0 amide bonds. The van der Waals surface area contributed by atoms with Gasteiger partial charge in [0, 0.05) is 12.5 Å². The molecular formula is C11H17N3O2. The molecule has 0 radical (unpaired) electrons. The van der Waals surface area contributed by atoms with Crippen molar-refractivity contribution in [1.29, 1.82) is 0 Å². The molecule has 2 rings (SSSR count). The van der Waals surface area contributed by atoms with Gasteiger partial charge in [-0.05, 0) is 26.7 Å². The van der Waals surface area contributed by atoms with E-state index in [1.165, 1.54) is 0 Å². The molecule has 5 heteroatoms. The predicted molar refractivity (Wildman–Crippen MR) is 58.2 cm³/mol. The summed E-state index contributed by atoms with van der Waals surface area (Å²) in [4.78, 5) is 11.1. The zero-order valence-electron chi connectivity index (χ0n) is 9.68. The van der Waals surface area contributed by atoms with Gasteiger partial charge in [0.15, 0.2) is 0 Å². The fourth-order valence-corrected chi connectivity index (χ4v) is 2.63. The van der Waals surface area contributed by atoms with E-state index in [0.29, 0.717) is 0 Å². The average Bonchev–Trinajstić information content (AvgIpc) is 2.82. The van der Waals surface area contributed by atoms with Crippen molar-refractivity contribution in [1.82, 2.24) is 14.8 Å². The third-order valence-corrected chi connectivity index (χ3v) is 3.45. The van der Waals surface area contributed by atoms with Crippen LogP contribution in [-0.2, 0) is 11.3 Å². The Bertz CT molecular complexity index is 400. The Kier molecular flexibility index (Phi) is 2.94. The minimum Gasteiger partial charge on any atom is -0.481 e. The number of hydrogen-bond acceptors (Lipinski definition) is 3. The van der Waals surface area contributed by atoms with Crippen LogP contribution >= 0.6 is 0 Å². The molecule has 0 aromatic carbocycles. The van der Waals surface area contributed by atoms with Crippen LogP contribution in [0.25, 0.3) is 0 Å². The lowest BCUT2D eigenvalue weighted by Crippen LogP contribution is -2.20. The standard InChI is InChI=1S/C11H17N3O2/c1-3-14-7(2)12-13-10(14)8-5-4-6-9(8)11(15)16/h8-9H,3-6H2,1-2H3,(H,15,16). The largest absolute Gasteiger partial charge is 0.481 e. The van der Waals surface area contributed by atoms with Gasteiger partial charge < -0.3 is 9.67 Å². The van der Waals surface area contributed by atoms with Gasteiger partial charge in [-0.15, -0.1) is 10.2 Å². The summed E-state index contributed by atoms with van der Waals surface area (Å²) < 4.78 is 2.02. The number of aliphatic carboxylic acids is 1. The molecule has 1 aromatic rings. The normalized spacial score (nSPS) is 24.9. The molecule has 1 saturated carbocycles. The van der Waals surface area contributed by atoms with Crippen LogP contribution in [0.4, 0.5) is 0 Å². The highest BCUT2D eigenvalue weighted by molar-refractivity contribution is 5.71. The van der Waals surface area contributed by atoms with Gasteiger partial charge >= 0.3 is 5.97 Å². The van der Waals surface area contributed by atoms with Crippen LogP contribution in [0, 0.1) is 12.8 Å². The fourth-order valence-electron chi connectivity index (χ4n) is 2.63. The third-order valence-electron chi connectivity index (χ3n) is 3.45. The van der Waals surface area contributed by atoms with Crippen molar-refractivity contribution in [3.05, 3.63) is 11.6 Å². The molecule has 2 unspecified atom stereocenters. The summed E-state index contributed by atoms with van der Waals surface area (Å²) in [6.07, 6.45) is 2.64. The van der Waals surface area contributed by atoms with Crippen molar-refractivity contribution in [2.24, 2.45) is 5.92 Å². The van der Waals surface area contributed by atoms with E-state index < -0.39 is 5.97 Å². The number of carbonyl (C=O) groups is 1. The molecule has 1 aliphatic rings. The summed E-state index contributed by atoms with van der Waals surface area (Å²) >= 11 is 0. The lowest BCUT2D eigenvalue weighted by Gasteiger charge is -2.15. The number of aromatic nitrogens is 3. The van der Waals surface area contributed by atoms with Gasteiger partial charge in [-0.1, -0.05) is 6.42 Å². The maximum atomic E-state index is 11.1. The fraction of sp³-hybridized carbons (Fsp3) is 0.727.